The van der Waals surface area contributed by atoms with E-state index < -0.39 is 13.7 Å². The number of nitrogens with one attached hydrogen (secondary N) is 1. The number of rotatable bonds is 6. The number of hydrogen-bond acceptors (Lipinski definition) is 5. The molecule has 1 rings (SSSR count). The van der Waals surface area contributed by atoms with Gasteiger partial charge in [0.15, 0.2) is 0 Å². The number of esters is 1. The van der Waals surface area contributed by atoms with Gasteiger partial charge in [-0.1, -0.05) is 24.9 Å². The van der Waals surface area contributed by atoms with E-state index in [0.29, 0.717) is 6.42 Å². The first-order valence-electron chi connectivity index (χ1n) is 7.23. The molecule has 1 aromatic heterocycles. The van der Waals surface area contributed by atoms with Gasteiger partial charge in [-0.2, -0.15) is 0 Å². The molecule has 0 aliphatic rings. The number of carbonyl (C=O) groups is 1. The fraction of sp³-hybridized carbons (Fsp3) is 0.786. The van der Waals surface area contributed by atoms with Crippen LogP contribution in [0.1, 0.15) is 33.4 Å². The van der Waals surface area contributed by atoms with Gasteiger partial charge >= 0.3 is 5.97 Å². The van der Waals surface area contributed by atoms with E-state index in [1.165, 1.54) is 0 Å². The lowest BCUT2D eigenvalue weighted by Gasteiger charge is -2.20. The highest BCUT2D eigenvalue weighted by atomic mass is 28.3. The Bertz CT molecular complexity index is 475. The number of carbonyl (C=O) groups excluding carboxylic acids is 1. The standard InChI is InChI=1S/C14H27N3O3Si/c1-10(19-9-12(18)20-14(2,3)4)8-11-13(16-17-15-11)21(5,6)7/h10H,8-9H2,1-7H3,(H,15,16,17)/t10-/m0/s1. The zero-order valence-electron chi connectivity index (χ0n) is 14.1. The van der Waals surface area contributed by atoms with Gasteiger partial charge in [0.1, 0.15) is 20.3 Å². The molecule has 21 heavy (non-hydrogen) atoms. The van der Waals surface area contributed by atoms with Crippen LogP contribution in [-0.2, 0) is 20.7 Å². The number of aromatic amines is 1. The van der Waals surface area contributed by atoms with Crippen LogP contribution in [-0.4, -0.2) is 47.8 Å². The van der Waals surface area contributed by atoms with Crippen molar-refractivity contribution < 1.29 is 14.3 Å². The predicted molar refractivity (Wildman–Crippen MR) is 84.3 cm³/mol. The molecule has 0 radical (unpaired) electrons. The van der Waals surface area contributed by atoms with Gasteiger partial charge in [0.25, 0.3) is 0 Å². The van der Waals surface area contributed by atoms with Gasteiger partial charge in [0.2, 0.25) is 0 Å². The lowest BCUT2D eigenvalue weighted by atomic mass is 10.2. The minimum Gasteiger partial charge on any atom is -0.458 e. The fourth-order valence-electron chi connectivity index (χ4n) is 1.92. The van der Waals surface area contributed by atoms with E-state index in [2.05, 4.69) is 35.1 Å². The van der Waals surface area contributed by atoms with E-state index in [9.17, 15) is 4.79 Å². The molecular weight excluding hydrogens is 286 g/mol. The van der Waals surface area contributed by atoms with Gasteiger partial charge in [-0.3, -0.25) is 5.10 Å². The number of nitrogens with zero attached hydrogens (tertiary/aromatic N) is 2. The minimum absolute atomic E-state index is 0.0394. The maximum Gasteiger partial charge on any atom is 0.332 e. The first kappa shape index (κ1) is 17.8. The van der Waals surface area contributed by atoms with E-state index >= 15 is 0 Å². The maximum absolute atomic E-state index is 11.6. The first-order valence-corrected chi connectivity index (χ1v) is 10.7. The van der Waals surface area contributed by atoms with Gasteiger partial charge in [-0.25, -0.2) is 4.79 Å². The molecule has 0 bridgehead atoms. The second-order valence-electron chi connectivity index (χ2n) is 7.30. The summed E-state index contributed by atoms with van der Waals surface area (Å²) in [6.45, 7) is 14.1. The van der Waals surface area contributed by atoms with Crippen LogP contribution in [0.15, 0.2) is 0 Å². The SMILES string of the molecule is C[C@@H](Cc1[nH]nnc1[Si](C)(C)C)OCC(=O)OC(C)(C)C. The van der Waals surface area contributed by atoms with Crippen LogP contribution in [0, 0.1) is 0 Å². The summed E-state index contributed by atoms with van der Waals surface area (Å²) in [4.78, 5) is 11.6. The zero-order chi connectivity index (χ0) is 16.3. The highest BCUT2D eigenvalue weighted by Gasteiger charge is 2.25. The summed E-state index contributed by atoms with van der Waals surface area (Å²) in [5.74, 6) is -0.345. The molecule has 0 aliphatic heterocycles. The van der Waals surface area contributed by atoms with Gasteiger partial charge in [0, 0.05) is 6.42 Å². The molecule has 0 amide bonds. The Balaban J connectivity index is 2.50. The van der Waals surface area contributed by atoms with Crippen LogP contribution in [0.3, 0.4) is 0 Å². The van der Waals surface area contributed by atoms with Crippen LogP contribution in [0.2, 0.25) is 19.6 Å². The summed E-state index contributed by atoms with van der Waals surface area (Å²) in [5, 5.41) is 12.1. The lowest BCUT2D eigenvalue weighted by Crippen LogP contribution is -2.42. The highest BCUT2D eigenvalue weighted by Crippen LogP contribution is 2.09. The van der Waals surface area contributed by atoms with E-state index in [0.717, 1.165) is 11.0 Å². The smallest absolute Gasteiger partial charge is 0.332 e. The highest BCUT2D eigenvalue weighted by molar-refractivity contribution is 6.88. The second kappa shape index (κ2) is 6.70. The number of hydrogen-bond donors (Lipinski definition) is 1. The Morgan fingerprint density at radius 1 is 1.33 bits per heavy atom. The number of ether oxygens (including phenoxy) is 2. The van der Waals surface area contributed by atoms with Crippen molar-refractivity contribution in [3.05, 3.63) is 5.69 Å². The van der Waals surface area contributed by atoms with Crippen molar-refractivity contribution in [2.45, 2.75) is 65.5 Å². The molecule has 1 aromatic rings. The Labute approximate surface area is 127 Å². The van der Waals surface area contributed by atoms with Gasteiger partial charge in [0.05, 0.1) is 17.1 Å². The molecule has 1 N–H and O–H groups in total. The minimum atomic E-state index is -1.52. The third-order valence-electron chi connectivity index (χ3n) is 2.73. The molecule has 0 unspecified atom stereocenters. The monoisotopic (exact) mass is 313 g/mol. The van der Waals surface area contributed by atoms with Crippen molar-refractivity contribution in [1.82, 2.24) is 15.4 Å². The Morgan fingerprint density at radius 3 is 2.48 bits per heavy atom. The molecule has 0 spiro atoms. The normalized spacial score (nSPS) is 14.0. The Hall–Kier alpha value is -1.21. The summed E-state index contributed by atoms with van der Waals surface area (Å²) in [7, 11) is -1.52. The van der Waals surface area contributed by atoms with Crippen molar-refractivity contribution in [2.24, 2.45) is 0 Å². The molecular formula is C14H27N3O3Si. The van der Waals surface area contributed by atoms with Crippen LogP contribution >= 0.6 is 0 Å². The van der Waals surface area contributed by atoms with Crippen molar-refractivity contribution in [3.63, 3.8) is 0 Å². The van der Waals surface area contributed by atoms with E-state index in [1.807, 2.05) is 27.7 Å². The van der Waals surface area contributed by atoms with Crippen LogP contribution < -0.4 is 5.32 Å². The number of H-pyrrole nitrogens is 1. The lowest BCUT2D eigenvalue weighted by molar-refractivity contribution is -0.161. The van der Waals surface area contributed by atoms with Gasteiger partial charge < -0.3 is 9.47 Å². The average Bonchev–Trinajstić information content (AvgIpc) is 2.71. The summed E-state index contributed by atoms with van der Waals surface area (Å²) in [5.41, 5.74) is 0.521. The molecule has 0 saturated carbocycles. The van der Waals surface area contributed by atoms with Crippen molar-refractivity contribution in [2.75, 3.05) is 6.61 Å². The third-order valence-corrected chi connectivity index (χ3v) is 4.55. The summed E-state index contributed by atoms with van der Waals surface area (Å²) >= 11 is 0. The molecule has 0 aliphatic carbocycles. The van der Waals surface area contributed by atoms with Crippen LogP contribution in [0.25, 0.3) is 0 Å². The van der Waals surface area contributed by atoms with Gasteiger partial charge in [-0.15, -0.1) is 5.10 Å². The van der Waals surface area contributed by atoms with Crippen LogP contribution in [0.5, 0.6) is 0 Å². The van der Waals surface area contributed by atoms with E-state index in [1.54, 1.807) is 0 Å². The Kier molecular flexibility index (Phi) is 5.69. The van der Waals surface area contributed by atoms with Crippen molar-refractivity contribution in [1.29, 1.82) is 0 Å². The van der Waals surface area contributed by atoms with E-state index in [-0.39, 0.29) is 18.7 Å². The van der Waals surface area contributed by atoms with Crippen molar-refractivity contribution in [3.8, 4) is 0 Å². The molecule has 0 fully saturated rings. The first-order chi connectivity index (χ1) is 9.49. The predicted octanol–water partition coefficient (Wildman–Crippen LogP) is 1.64. The average molecular weight is 313 g/mol. The molecule has 1 heterocycles. The Morgan fingerprint density at radius 2 is 1.95 bits per heavy atom. The molecule has 0 saturated heterocycles. The van der Waals surface area contributed by atoms with E-state index in [4.69, 9.17) is 9.47 Å². The molecule has 7 heteroatoms. The molecule has 0 aromatic carbocycles. The zero-order valence-corrected chi connectivity index (χ0v) is 15.1. The summed E-state index contributed by atoms with van der Waals surface area (Å²) in [6, 6.07) is 0. The quantitative estimate of drug-likeness (QED) is 0.638. The largest absolute Gasteiger partial charge is 0.458 e. The van der Waals surface area contributed by atoms with Crippen molar-refractivity contribution >= 4 is 19.4 Å². The van der Waals surface area contributed by atoms with Crippen LogP contribution in [0.4, 0.5) is 0 Å². The maximum atomic E-state index is 11.6. The molecule has 6 nitrogen and oxygen atoms in total. The molecule has 1 atom stereocenters. The summed E-state index contributed by atoms with van der Waals surface area (Å²) in [6.07, 6.45) is 0.560. The summed E-state index contributed by atoms with van der Waals surface area (Å²) < 4.78 is 10.8. The fourth-order valence-corrected chi connectivity index (χ4v) is 3.33. The third kappa shape index (κ3) is 6.39. The second-order valence-corrected chi connectivity index (χ2v) is 12.3. The molecule has 120 valence electrons. The van der Waals surface area contributed by atoms with Gasteiger partial charge in [-0.05, 0) is 27.7 Å². The topological polar surface area (TPSA) is 77.1 Å². The number of aromatic nitrogens is 3.